The van der Waals surface area contributed by atoms with Crippen LogP contribution in [0.1, 0.15) is 49.6 Å². The van der Waals surface area contributed by atoms with Crippen molar-refractivity contribution in [1.82, 2.24) is 30.0 Å². The predicted octanol–water partition coefficient (Wildman–Crippen LogP) is 1.15. The second-order valence-corrected chi connectivity index (χ2v) is 5.30. The predicted molar refractivity (Wildman–Crippen MR) is 76.4 cm³/mol. The highest BCUT2D eigenvalue weighted by Crippen LogP contribution is 2.23. The average Bonchev–Trinajstić information content (AvgIpc) is 3.14. The lowest BCUT2D eigenvalue weighted by molar-refractivity contribution is -0.122. The van der Waals surface area contributed by atoms with Crippen molar-refractivity contribution < 1.29 is 4.79 Å². The molecule has 0 saturated carbocycles. The summed E-state index contributed by atoms with van der Waals surface area (Å²) in [4.78, 5) is 23.6. The highest BCUT2D eigenvalue weighted by Gasteiger charge is 2.25. The lowest BCUT2D eigenvalue weighted by Crippen LogP contribution is -2.33. The Hall–Kier alpha value is -2.18. The van der Waals surface area contributed by atoms with E-state index in [9.17, 15) is 4.79 Å². The number of nitrogens with one attached hydrogen (secondary N) is 2. The standard InChI is InChI=1S/C14H20N6O/c1-2-12-18-14-11(4-3-7-20(14)19-12)17-13(21)6-5-10-8-15-9-16-10/h8-9,11H,2-7H2,1H3,(H,15,16)(H,17,21). The number of rotatable bonds is 5. The molecule has 0 saturated heterocycles. The Kier molecular flexibility index (Phi) is 3.98. The van der Waals surface area contributed by atoms with Gasteiger partial charge in [-0.1, -0.05) is 6.92 Å². The molecule has 112 valence electrons. The Morgan fingerprint density at radius 2 is 2.48 bits per heavy atom. The number of aromatic amines is 1. The number of imidazole rings is 1. The zero-order valence-corrected chi connectivity index (χ0v) is 12.2. The highest BCUT2D eigenvalue weighted by molar-refractivity contribution is 5.76. The molecule has 0 aliphatic carbocycles. The summed E-state index contributed by atoms with van der Waals surface area (Å²) in [5.41, 5.74) is 0.977. The molecule has 0 spiro atoms. The van der Waals surface area contributed by atoms with Gasteiger partial charge in [0.15, 0.2) is 5.82 Å². The summed E-state index contributed by atoms with van der Waals surface area (Å²) >= 11 is 0. The molecule has 21 heavy (non-hydrogen) atoms. The summed E-state index contributed by atoms with van der Waals surface area (Å²) in [6, 6.07) is -0.0131. The molecule has 0 fully saturated rings. The van der Waals surface area contributed by atoms with Crippen LogP contribution in [0.5, 0.6) is 0 Å². The number of hydrogen-bond acceptors (Lipinski definition) is 4. The Labute approximate surface area is 123 Å². The fourth-order valence-electron chi connectivity index (χ4n) is 2.62. The quantitative estimate of drug-likeness (QED) is 0.863. The van der Waals surface area contributed by atoms with E-state index < -0.39 is 0 Å². The van der Waals surface area contributed by atoms with Gasteiger partial charge >= 0.3 is 0 Å². The first-order valence-electron chi connectivity index (χ1n) is 7.46. The summed E-state index contributed by atoms with van der Waals surface area (Å²) in [6.45, 7) is 2.93. The molecule has 7 heteroatoms. The van der Waals surface area contributed by atoms with Crippen LogP contribution in [-0.4, -0.2) is 30.6 Å². The number of carbonyl (C=O) groups is 1. The van der Waals surface area contributed by atoms with E-state index in [1.807, 2.05) is 11.6 Å². The van der Waals surface area contributed by atoms with Crippen molar-refractivity contribution in [3.05, 3.63) is 29.9 Å². The maximum absolute atomic E-state index is 12.1. The smallest absolute Gasteiger partial charge is 0.220 e. The van der Waals surface area contributed by atoms with Crippen molar-refractivity contribution in [2.24, 2.45) is 0 Å². The molecule has 0 radical (unpaired) electrons. The zero-order chi connectivity index (χ0) is 14.7. The number of carbonyl (C=O) groups excluding carboxylic acids is 1. The van der Waals surface area contributed by atoms with E-state index in [4.69, 9.17) is 0 Å². The number of aryl methyl sites for hydroxylation is 3. The Balaban J connectivity index is 1.60. The van der Waals surface area contributed by atoms with Crippen molar-refractivity contribution in [2.75, 3.05) is 0 Å². The molecular weight excluding hydrogens is 268 g/mol. The maximum atomic E-state index is 12.1. The summed E-state index contributed by atoms with van der Waals surface area (Å²) < 4.78 is 1.93. The van der Waals surface area contributed by atoms with Crippen LogP contribution >= 0.6 is 0 Å². The van der Waals surface area contributed by atoms with E-state index >= 15 is 0 Å². The summed E-state index contributed by atoms with van der Waals surface area (Å²) in [7, 11) is 0. The van der Waals surface area contributed by atoms with Crippen molar-refractivity contribution in [3.63, 3.8) is 0 Å². The van der Waals surface area contributed by atoms with Crippen molar-refractivity contribution in [3.8, 4) is 0 Å². The largest absolute Gasteiger partial charge is 0.348 e. The van der Waals surface area contributed by atoms with Crippen LogP contribution in [0.3, 0.4) is 0 Å². The molecule has 2 aromatic heterocycles. The molecule has 7 nitrogen and oxygen atoms in total. The Bertz CT molecular complexity index is 603. The minimum absolute atomic E-state index is 0.0131. The van der Waals surface area contributed by atoms with Crippen LogP contribution < -0.4 is 5.32 Å². The normalized spacial score (nSPS) is 17.5. The molecule has 1 atom stereocenters. The van der Waals surface area contributed by atoms with Crippen molar-refractivity contribution in [1.29, 1.82) is 0 Å². The van der Waals surface area contributed by atoms with Crippen LogP contribution in [0, 0.1) is 0 Å². The molecule has 1 unspecified atom stereocenters. The highest BCUT2D eigenvalue weighted by atomic mass is 16.1. The molecular formula is C14H20N6O. The van der Waals surface area contributed by atoms with Crippen molar-refractivity contribution in [2.45, 2.75) is 51.6 Å². The fourth-order valence-corrected chi connectivity index (χ4v) is 2.62. The molecule has 2 N–H and O–H groups in total. The number of nitrogens with zero attached hydrogens (tertiary/aromatic N) is 4. The third kappa shape index (κ3) is 3.12. The summed E-state index contributed by atoms with van der Waals surface area (Å²) in [5, 5.41) is 7.53. The van der Waals surface area contributed by atoms with Crippen LogP contribution in [-0.2, 0) is 24.2 Å². The lowest BCUT2D eigenvalue weighted by Gasteiger charge is -2.23. The van der Waals surface area contributed by atoms with E-state index in [-0.39, 0.29) is 11.9 Å². The Morgan fingerprint density at radius 3 is 3.24 bits per heavy atom. The second-order valence-electron chi connectivity index (χ2n) is 5.30. The minimum Gasteiger partial charge on any atom is -0.348 e. The van der Waals surface area contributed by atoms with Gasteiger partial charge in [0.2, 0.25) is 5.91 Å². The van der Waals surface area contributed by atoms with Gasteiger partial charge in [0.05, 0.1) is 12.4 Å². The van der Waals surface area contributed by atoms with Gasteiger partial charge < -0.3 is 10.3 Å². The molecule has 2 aromatic rings. The van der Waals surface area contributed by atoms with E-state index in [0.29, 0.717) is 12.8 Å². The van der Waals surface area contributed by atoms with E-state index in [1.54, 1.807) is 12.5 Å². The number of amides is 1. The van der Waals surface area contributed by atoms with E-state index in [2.05, 4.69) is 25.4 Å². The molecule has 3 rings (SSSR count). The van der Waals surface area contributed by atoms with Gasteiger partial charge in [-0.2, -0.15) is 5.10 Å². The van der Waals surface area contributed by atoms with Gasteiger partial charge in [-0.3, -0.25) is 4.79 Å². The minimum atomic E-state index is -0.0131. The second kappa shape index (κ2) is 6.07. The van der Waals surface area contributed by atoms with Gasteiger partial charge in [0, 0.05) is 31.3 Å². The molecule has 0 aromatic carbocycles. The average molecular weight is 288 g/mol. The van der Waals surface area contributed by atoms with Crippen LogP contribution in [0.25, 0.3) is 0 Å². The van der Waals surface area contributed by atoms with Gasteiger partial charge in [-0.05, 0) is 19.3 Å². The summed E-state index contributed by atoms with van der Waals surface area (Å²) in [5.74, 6) is 1.79. The van der Waals surface area contributed by atoms with Crippen molar-refractivity contribution >= 4 is 5.91 Å². The maximum Gasteiger partial charge on any atom is 0.220 e. The Morgan fingerprint density at radius 1 is 1.57 bits per heavy atom. The third-order valence-corrected chi connectivity index (χ3v) is 3.75. The van der Waals surface area contributed by atoms with Gasteiger partial charge in [-0.25, -0.2) is 14.6 Å². The van der Waals surface area contributed by atoms with Gasteiger partial charge in [0.1, 0.15) is 5.82 Å². The third-order valence-electron chi connectivity index (χ3n) is 3.75. The molecule has 0 bridgehead atoms. The topological polar surface area (TPSA) is 88.5 Å². The number of fused-ring (bicyclic) bond motifs is 1. The number of H-pyrrole nitrogens is 1. The number of hydrogen-bond donors (Lipinski definition) is 2. The number of aromatic nitrogens is 5. The molecule has 1 aliphatic rings. The van der Waals surface area contributed by atoms with Gasteiger partial charge in [0.25, 0.3) is 0 Å². The van der Waals surface area contributed by atoms with Crippen LogP contribution in [0.4, 0.5) is 0 Å². The molecule has 1 aliphatic heterocycles. The SMILES string of the molecule is CCc1nc2n(n1)CCCC2NC(=O)CCc1cnc[nH]1. The van der Waals surface area contributed by atoms with E-state index in [1.165, 1.54) is 0 Å². The molecule has 1 amide bonds. The monoisotopic (exact) mass is 288 g/mol. The van der Waals surface area contributed by atoms with Crippen LogP contribution in [0.15, 0.2) is 12.5 Å². The zero-order valence-electron chi connectivity index (χ0n) is 12.2. The first kappa shape index (κ1) is 13.8. The first-order valence-corrected chi connectivity index (χ1v) is 7.46. The van der Waals surface area contributed by atoms with Crippen LogP contribution in [0.2, 0.25) is 0 Å². The van der Waals surface area contributed by atoms with E-state index in [0.717, 1.165) is 43.1 Å². The fraction of sp³-hybridized carbons (Fsp3) is 0.571. The molecule has 3 heterocycles. The first-order chi connectivity index (χ1) is 10.3. The van der Waals surface area contributed by atoms with Gasteiger partial charge in [-0.15, -0.1) is 0 Å². The lowest BCUT2D eigenvalue weighted by atomic mass is 10.1. The summed E-state index contributed by atoms with van der Waals surface area (Å²) in [6.07, 6.45) is 7.27.